The Hall–Kier alpha value is -0.0300. The van der Waals surface area contributed by atoms with Crippen LogP contribution in [0, 0.1) is 5.92 Å². The zero-order valence-corrected chi connectivity index (χ0v) is 12.9. The van der Waals surface area contributed by atoms with Crippen molar-refractivity contribution in [3.8, 4) is 0 Å². The first-order chi connectivity index (χ1) is 8.33. The van der Waals surface area contributed by atoms with E-state index in [9.17, 15) is 4.79 Å². The third-order valence-electron chi connectivity index (χ3n) is 4.37. The molecule has 1 atom stereocenters. The number of hydrogen-bond donors (Lipinski definition) is 2. The van der Waals surface area contributed by atoms with E-state index < -0.39 is 0 Å². The number of rotatable bonds is 3. The molecule has 0 aromatic carbocycles. The van der Waals surface area contributed by atoms with Crippen molar-refractivity contribution in [1.29, 1.82) is 0 Å². The molecule has 2 heterocycles. The average Bonchev–Trinajstić information content (AvgIpc) is 3.05. The second-order valence-electron chi connectivity index (χ2n) is 5.74. The van der Waals surface area contributed by atoms with E-state index in [0.717, 1.165) is 38.4 Å². The summed E-state index contributed by atoms with van der Waals surface area (Å²) in [5, 5.41) is 6.49. The molecule has 0 aromatic rings. The van der Waals surface area contributed by atoms with Crippen LogP contribution in [0.25, 0.3) is 0 Å². The fraction of sp³-hybridized carbons (Fsp3) is 0.923. The second-order valence-corrected chi connectivity index (χ2v) is 5.74. The lowest BCUT2D eigenvalue weighted by Crippen LogP contribution is -2.47. The Morgan fingerprint density at radius 2 is 1.74 bits per heavy atom. The van der Waals surface area contributed by atoms with Crippen LogP contribution in [0.2, 0.25) is 0 Å². The highest BCUT2D eigenvalue weighted by molar-refractivity contribution is 5.85. The SMILES string of the molecule is Cl.Cl.O=C(NC1CCN(C2CC2)CC1)C1CCNC1. The number of nitrogens with one attached hydrogen (secondary N) is 2. The summed E-state index contributed by atoms with van der Waals surface area (Å²) >= 11 is 0. The van der Waals surface area contributed by atoms with Crippen LogP contribution in [0.15, 0.2) is 0 Å². The summed E-state index contributed by atoms with van der Waals surface area (Å²) in [6.45, 7) is 4.22. The molecule has 6 heteroatoms. The summed E-state index contributed by atoms with van der Waals surface area (Å²) in [5.41, 5.74) is 0. The third-order valence-corrected chi connectivity index (χ3v) is 4.37. The maximum absolute atomic E-state index is 12.0. The number of likely N-dealkylation sites (tertiary alicyclic amines) is 1. The topological polar surface area (TPSA) is 44.4 Å². The van der Waals surface area contributed by atoms with Gasteiger partial charge in [0.2, 0.25) is 5.91 Å². The Balaban J connectivity index is 0.000000902. The number of piperidine rings is 1. The molecular weight excluding hydrogens is 285 g/mol. The van der Waals surface area contributed by atoms with Gasteiger partial charge in [-0.05, 0) is 38.6 Å². The number of halogens is 2. The highest BCUT2D eigenvalue weighted by Gasteiger charge is 2.32. The first-order valence-corrected chi connectivity index (χ1v) is 7.08. The molecule has 0 spiro atoms. The van der Waals surface area contributed by atoms with Gasteiger partial charge in [0.05, 0.1) is 5.92 Å². The van der Waals surface area contributed by atoms with Crippen LogP contribution in [0.1, 0.15) is 32.1 Å². The van der Waals surface area contributed by atoms with Gasteiger partial charge in [0.25, 0.3) is 0 Å². The molecule has 3 aliphatic rings. The van der Waals surface area contributed by atoms with Gasteiger partial charge in [0.1, 0.15) is 0 Å². The molecule has 1 unspecified atom stereocenters. The minimum Gasteiger partial charge on any atom is -0.353 e. The lowest BCUT2D eigenvalue weighted by atomic mass is 10.0. The molecule has 0 bridgehead atoms. The van der Waals surface area contributed by atoms with Crippen LogP contribution in [-0.4, -0.2) is 49.1 Å². The van der Waals surface area contributed by atoms with Crippen molar-refractivity contribution in [3.05, 3.63) is 0 Å². The minimum atomic E-state index is 0. The van der Waals surface area contributed by atoms with Gasteiger partial charge in [-0.15, -0.1) is 24.8 Å². The molecule has 0 aromatic heterocycles. The van der Waals surface area contributed by atoms with Crippen LogP contribution in [0.4, 0.5) is 0 Å². The zero-order chi connectivity index (χ0) is 11.7. The lowest BCUT2D eigenvalue weighted by molar-refractivity contribution is -0.125. The molecule has 0 radical (unpaired) electrons. The molecule has 4 nitrogen and oxygen atoms in total. The lowest BCUT2D eigenvalue weighted by Gasteiger charge is -2.32. The summed E-state index contributed by atoms with van der Waals surface area (Å²) in [4.78, 5) is 14.6. The van der Waals surface area contributed by atoms with E-state index in [4.69, 9.17) is 0 Å². The predicted molar refractivity (Wildman–Crippen MR) is 81.2 cm³/mol. The highest BCUT2D eigenvalue weighted by atomic mass is 35.5. The van der Waals surface area contributed by atoms with Gasteiger partial charge in [-0.3, -0.25) is 4.79 Å². The van der Waals surface area contributed by atoms with Crippen molar-refractivity contribution in [1.82, 2.24) is 15.5 Å². The first kappa shape index (κ1) is 17.0. The molecule has 2 N–H and O–H groups in total. The van der Waals surface area contributed by atoms with E-state index in [1.165, 1.54) is 25.9 Å². The Labute approximate surface area is 127 Å². The molecule has 3 fully saturated rings. The fourth-order valence-electron chi connectivity index (χ4n) is 3.05. The summed E-state index contributed by atoms with van der Waals surface area (Å²) < 4.78 is 0. The molecule has 112 valence electrons. The number of nitrogens with zero attached hydrogens (tertiary/aromatic N) is 1. The van der Waals surface area contributed by atoms with Crippen LogP contribution in [0.3, 0.4) is 0 Å². The Kier molecular flexibility index (Phi) is 6.87. The highest BCUT2D eigenvalue weighted by Crippen LogP contribution is 2.29. The van der Waals surface area contributed by atoms with Crippen molar-refractivity contribution < 1.29 is 4.79 Å². The van der Waals surface area contributed by atoms with Gasteiger partial charge in [-0.25, -0.2) is 0 Å². The van der Waals surface area contributed by atoms with Gasteiger partial charge in [-0.1, -0.05) is 0 Å². The van der Waals surface area contributed by atoms with Crippen molar-refractivity contribution in [2.75, 3.05) is 26.2 Å². The Morgan fingerprint density at radius 1 is 1.05 bits per heavy atom. The number of carbonyl (C=O) groups excluding carboxylic acids is 1. The minimum absolute atomic E-state index is 0. The van der Waals surface area contributed by atoms with Gasteiger partial charge in [0, 0.05) is 31.7 Å². The summed E-state index contributed by atoms with van der Waals surface area (Å²) in [7, 11) is 0. The van der Waals surface area contributed by atoms with Crippen LogP contribution in [-0.2, 0) is 4.79 Å². The standard InChI is InChI=1S/C13H23N3O.2ClH/c17-13(10-3-6-14-9-10)15-11-4-7-16(8-5-11)12-1-2-12;;/h10-12,14H,1-9H2,(H,15,17);2*1H. The molecule has 19 heavy (non-hydrogen) atoms. The average molecular weight is 310 g/mol. The van der Waals surface area contributed by atoms with Crippen LogP contribution < -0.4 is 10.6 Å². The van der Waals surface area contributed by atoms with Crippen molar-refractivity contribution in [2.45, 2.75) is 44.2 Å². The first-order valence-electron chi connectivity index (χ1n) is 7.08. The summed E-state index contributed by atoms with van der Waals surface area (Å²) in [6.07, 6.45) is 6.08. The molecule has 1 saturated carbocycles. The van der Waals surface area contributed by atoms with Crippen molar-refractivity contribution in [3.63, 3.8) is 0 Å². The van der Waals surface area contributed by atoms with Gasteiger partial charge < -0.3 is 15.5 Å². The Morgan fingerprint density at radius 3 is 2.26 bits per heavy atom. The summed E-state index contributed by atoms with van der Waals surface area (Å²) in [6, 6.07) is 1.31. The van der Waals surface area contributed by atoms with Crippen molar-refractivity contribution in [2.24, 2.45) is 5.92 Å². The molecule has 2 saturated heterocycles. The quantitative estimate of drug-likeness (QED) is 0.823. The Bertz CT molecular complexity index is 286. The van der Waals surface area contributed by atoms with Gasteiger partial charge in [0.15, 0.2) is 0 Å². The van der Waals surface area contributed by atoms with Gasteiger partial charge >= 0.3 is 0 Å². The molecule has 2 aliphatic heterocycles. The molecule has 1 amide bonds. The van der Waals surface area contributed by atoms with E-state index in [0.29, 0.717) is 6.04 Å². The number of hydrogen-bond acceptors (Lipinski definition) is 3. The summed E-state index contributed by atoms with van der Waals surface area (Å²) in [5.74, 6) is 0.497. The van der Waals surface area contributed by atoms with E-state index in [1.54, 1.807) is 0 Å². The monoisotopic (exact) mass is 309 g/mol. The van der Waals surface area contributed by atoms with E-state index in [1.807, 2.05) is 0 Å². The van der Waals surface area contributed by atoms with Crippen LogP contribution in [0.5, 0.6) is 0 Å². The number of carbonyl (C=O) groups is 1. The van der Waals surface area contributed by atoms with Crippen molar-refractivity contribution >= 4 is 30.7 Å². The second kappa shape index (κ2) is 7.67. The number of amides is 1. The molecule has 3 rings (SSSR count). The normalized spacial score (nSPS) is 28.3. The van der Waals surface area contributed by atoms with E-state index in [2.05, 4.69) is 15.5 Å². The smallest absolute Gasteiger partial charge is 0.224 e. The fourth-order valence-corrected chi connectivity index (χ4v) is 3.05. The third kappa shape index (κ3) is 4.48. The zero-order valence-electron chi connectivity index (χ0n) is 11.3. The van der Waals surface area contributed by atoms with Crippen LogP contribution >= 0.6 is 24.8 Å². The van der Waals surface area contributed by atoms with Gasteiger partial charge in [-0.2, -0.15) is 0 Å². The molecular formula is C13H25Cl2N3O. The molecule has 1 aliphatic carbocycles. The maximum atomic E-state index is 12.0. The largest absolute Gasteiger partial charge is 0.353 e. The predicted octanol–water partition coefficient (Wildman–Crippen LogP) is 1.18. The van der Waals surface area contributed by atoms with E-state index in [-0.39, 0.29) is 36.6 Å². The maximum Gasteiger partial charge on any atom is 0.224 e. The van der Waals surface area contributed by atoms with E-state index >= 15 is 0 Å².